The molecule has 6 heteroatoms. The monoisotopic (exact) mass is 220 g/mol. The van der Waals surface area contributed by atoms with E-state index in [1.54, 1.807) is 0 Å². The van der Waals surface area contributed by atoms with Crippen LogP contribution in [0.2, 0.25) is 0 Å². The Morgan fingerprint density at radius 3 is 2.43 bits per heavy atom. The first-order chi connectivity index (χ1) is 6.26. The number of hydrogen-bond acceptors (Lipinski definition) is 3. The Hall–Kier alpha value is -0.900. The summed E-state index contributed by atoms with van der Waals surface area (Å²) < 4.78 is 15.3. The van der Waals surface area contributed by atoms with Crippen LogP contribution in [-0.2, 0) is 14.1 Å². The molecule has 2 N–H and O–H groups in total. The molecule has 0 rings (SSSR count). The van der Waals surface area contributed by atoms with E-state index < -0.39 is 25.8 Å². The minimum Gasteiger partial charge on any atom is -0.454 e. The summed E-state index contributed by atoms with van der Waals surface area (Å²) in [4.78, 5) is 28.2. The molecule has 5 nitrogen and oxygen atoms in total. The normalized spacial score (nSPS) is 13.1. The van der Waals surface area contributed by atoms with Crippen molar-refractivity contribution in [2.75, 3.05) is 6.16 Å². The van der Waals surface area contributed by atoms with Crippen molar-refractivity contribution in [3.05, 3.63) is 24.8 Å². The minimum absolute atomic E-state index is 0.169. The third-order valence-electron chi connectivity index (χ3n) is 1.29. The molecule has 1 atom stereocenters. The molecule has 14 heavy (non-hydrogen) atoms. The van der Waals surface area contributed by atoms with Crippen molar-refractivity contribution >= 4 is 13.6 Å². The van der Waals surface area contributed by atoms with Crippen molar-refractivity contribution in [3.63, 3.8) is 0 Å². The standard InChI is InChI=1S/C8H13O5P/c1-4-7(5-14(10,11)12)13-8(9)6(2)3/h4,7H,1-2,5H2,3H3,(H2,10,11,12). The van der Waals surface area contributed by atoms with Gasteiger partial charge in [-0.3, -0.25) is 4.57 Å². The summed E-state index contributed by atoms with van der Waals surface area (Å²) in [5, 5.41) is 0. The second kappa shape index (κ2) is 5.10. The van der Waals surface area contributed by atoms with Crippen LogP contribution in [0, 0.1) is 0 Å². The Balaban J connectivity index is 4.31. The van der Waals surface area contributed by atoms with Crippen molar-refractivity contribution in [3.8, 4) is 0 Å². The quantitative estimate of drug-likeness (QED) is 0.310. The van der Waals surface area contributed by atoms with E-state index in [1.807, 2.05) is 0 Å². The SMILES string of the molecule is C=CC(CP(=O)(O)O)OC(=O)C(=C)C. The first kappa shape index (κ1) is 13.1. The average Bonchev–Trinajstić information content (AvgIpc) is 2.00. The molecule has 0 aliphatic heterocycles. The number of esters is 1. The number of ether oxygens (including phenoxy) is 1. The molecule has 0 radical (unpaired) electrons. The molecule has 0 aromatic heterocycles. The van der Waals surface area contributed by atoms with Crippen molar-refractivity contribution in [2.45, 2.75) is 13.0 Å². The van der Waals surface area contributed by atoms with Crippen LogP contribution < -0.4 is 0 Å². The molecule has 0 aliphatic carbocycles. The van der Waals surface area contributed by atoms with Gasteiger partial charge in [-0.25, -0.2) is 4.79 Å². The first-order valence-corrected chi connectivity index (χ1v) is 5.59. The Morgan fingerprint density at radius 1 is 1.64 bits per heavy atom. The number of rotatable bonds is 5. The molecular formula is C8H13O5P. The van der Waals surface area contributed by atoms with Gasteiger partial charge in [-0.1, -0.05) is 19.2 Å². The highest BCUT2D eigenvalue weighted by atomic mass is 31.2. The molecule has 0 saturated heterocycles. The van der Waals surface area contributed by atoms with E-state index in [2.05, 4.69) is 17.9 Å². The molecule has 0 fully saturated rings. The maximum Gasteiger partial charge on any atom is 0.333 e. The minimum atomic E-state index is -4.20. The van der Waals surface area contributed by atoms with E-state index >= 15 is 0 Å². The second-order valence-electron chi connectivity index (χ2n) is 2.81. The van der Waals surface area contributed by atoms with Gasteiger partial charge in [-0.05, 0) is 6.92 Å². The van der Waals surface area contributed by atoms with Crippen molar-refractivity contribution in [2.24, 2.45) is 0 Å². The van der Waals surface area contributed by atoms with Crippen LogP contribution in [0.15, 0.2) is 24.8 Å². The molecular weight excluding hydrogens is 207 g/mol. The molecule has 0 bridgehead atoms. The molecule has 0 aliphatic rings. The Labute approximate surface area is 82.2 Å². The van der Waals surface area contributed by atoms with E-state index in [0.717, 1.165) is 0 Å². The zero-order valence-electron chi connectivity index (χ0n) is 7.84. The van der Waals surface area contributed by atoms with Crippen LogP contribution in [0.3, 0.4) is 0 Å². The van der Waals surface area contributed by atoms with Gasteiger partial charge in [0.05, 0.1) is 6.16 Å². The first-order valence-electron chi connectivity index (χ1n) is 3.80. The topological polar surface area (TPSA) is 83.8 Å². The van der Waals surface area contributed by atoms with Gasteiger partial charge in [0.2, 0.25) is 0 Å². The zero-order chi connectivity index (χ0) is 11.4. The number of carbonyl (C=O) groups excluding carboxylic acids is 1. The summed E-state index contributed by atoms with van der Waals surface area (Å²) in [5.74, 6) is -0.691. The molecule has 1 unspecified atom stereocenters. The van der Waals surface area contributed by atoms with Crippen LogP contribution in [0.1, 0.15) is 6.92 Å². The molecule has 0 heterocycles. The van der Waals surface area contributed by atoms with Crippen molar-refractivity contribution in [1.29, 1.82) is 0 Å². The molecule has 80 valence electrons. The van der Waals surface area contributed by atoms with Crippen LogP contribution in [0.25, 0.3) is 0 Å². The lowest BCUT2D eigenvalue weighted by Crippen LogP contribution is -2.20. The summed E-state index contributed by atoms with van der Waals surface area (Å²) in [6.07, 6.45) is -0.379. The maximum absolute atomic E-state index is 11.0. The van der Waals surface area contributed by atoms with Crippen LogP contribution >= 0.6 is 7.60 Å². The lowest BCUT2D eigenvalue weighted by Gasteiger charge is -2.14. The predicted molar refractivity (Wildman–Crippen MR) is 51.8 cm³/mol. The molecule has 0 saturated carbocycles. The van der Waals surface area contributed by atoms with Gasteiger partial charge in [0.1, 0.15) is 6.10 Å². The highest BCUT2D eigenvalue weighted by Crippen LogP contribution is 2.35. The summed E-state index contributed by atoms with van der Waals surface area (Å²) in [6.45, 7) is 8.09. The van der Waals surface area contributed by atoms with E-state index in [9.17, 15) is 9.36 Å². The van der Waals surface area contributed by atoms with Gasteiger partial charge in [-0.15, -0.1) is 0 Å². The number of carbonyl (C=O) groups is 1. The fourth-order valence-electron chi connectivity index (χ4n) is 0.632. The largest absolute Gasteiger partial charge is 0.454 e. The Kier molecular flexibility index (Phi) is 4.77. The highest BCUT2D eigenvalue weighted by molar-refractivity contribution is 7.51. The molecule has 0 aromatic rings. The lowest BCUT2D eigenvalue weighted by molar-refractivity contribution is -0.141. The lowest BCUT2D eigenvalue weighted by atomic mass is 10.3. The molecule has 0 spiro atoms. The van der Waals surface area contributed by atoms with Gasteiger partial charge in [0.25, 0.3) is 0 Å². The van der Waals surface area contributed by atoms with Gasteiger partial charge >= 0.3 is 13.6 Å². The van der Waals surface area contributed by atoms with Gasteiger partial charge in [-0.2, -0.15) is 0 Å². The summed E-state index contributed by atoms with van der Waals surface area (Å²) >= 11 is 0. The van der Waals surface area contributed by atoms with Crippen molar-refractivity contribution < 1.29 is 23.9 Å². The summed E-state index contributed by atoms with van der Waals surface area (Å²) in [7, 11) is -4.20. The maximum atomic E-state index is 11.0. The highest BCUT2D eigenvalue weighted by Gasteiger charge is 2.22. The molecule has 0 aromatic carbocycles. The molecule has 0 amide bonds. The Bertz CT molecular complexity index is 290. The van der Waals surface area contributed by atoms with E-state index in [1.165, 1.54) is 13.0 Å². The van der Waals surface area contributed by atoms with Crippen LogP contribution in [-0.4, -0.2) is 28.0 Å². The average molecular weight is 220 g/mol. The fraction of sp³-hybridized carbons (Fsp3) is 0.375. The van der Waals surface area contributed by atoms with E-state index in [0.29, 0.717) is 0 Å². The van der Waals surface area contributed by atoms with E-state index in [4.69, 9.17) is 9.79 Å². The van der Waals surface area contributed by atoms with Gasteiger partial charge < -0.3 is 14.5 Å². The van der Waals surface area contributed by atoms with Gasteiger partial charge in [0, 0.05) is 5.57 Å². The fourth-order valence-corrected chi connectivity index (χ4v) is 1.32. The smallest absolute Gasteiger partial charge is 0.333 e. The third-order valence-corrected chi connectivity index (χ3v) is 2.12. The zero-order valence-corrected chi connectivity index (χ0v) is 8.74. The predicted octanol–water partition coefficient (Wildman–Crippen LogP) is 0.838. The second-order valence-corrected chi connectivity index (χ2v) is 4.50. The number of hydrogen-bond donors (Lipinski definition) is 2. The van der Waals surface area contributed by atoms with Crippen LogP contribution in [0.4, 0.5) is 0 Å². The third kappa shape index (κ3) is 5.70. The van der Waals surface area contributed by atoms with E-state index in [-0.39, 0.29) is 5.57 Å². The summed E-state index contributed by atoms with van der Waals surface area (Å²) in [6, 6.07) is 0. The van der Waals surface area contributed by atoms with Crippen LogP contribution in [0.5, 0.6) is 0 Å². The van der Waals surface area contributed by atoms with Crippen molar-refractivity contribution in [1.82, 2.24) is 0 Å². The summed E-state index contributed by atoms with van der Waals surface area (Å²) in [5.41, 5.74) is 0.169. The van der Waals surface area contributed by atoms with Gasteiger partial charge in [0.15, 0.2) is 0 Å². The Morgan fingerprint density at radius 2 is 2.14 bits per heavy atom.